The molecular weight excluding hydrogens is 497 g/mol. The highest BCUT2D eigenvalue weighted by atomic mass is 127. The van der Waals surface area contributed by atoms with Gasteiger partial charge in [0.05, 0.1) is 10.2 Å². The van der Waals surface area contributed by atoms with Crippen molar-refractivity contribution in [3.8, 4) is 11.5 Å². The van der Waals surface area contributed by atoms with E-state index in [1.165, 1.54) is 5.56 Å². The second kappa shape index (κ2) is 10.2. The average molecular weight is 522 g/mol. The van der Waals surface area contributed by atoms with Crippen LogP contribution in [0.15, 0.2) is 54.6 Å². The van der Waals surface area contributed by atoms with Crippen molar-refractivity contribution >= 4 is 39.9 Å². The molecule has 0 aliphatic heterocycles. The maximum atomic E-state index is 6.13. The highest BCUT2D eigenvalue weighted by molar-refractivity contribution is 14.1. The number of aryl methyl sites for hydroxylation is 2. The summed E-state index contributed by atoms with van der Waals surface area (Å²) >= 11 is 8.44. The lowest BCUT2D eigenvalue weighted by Crippen LogP contribution is -2.05. The van der Waals surface area contributed by atoms with E-state index < -0.39 is 0 Å². The predicted octanol–water partition coefficient (Wildman–Crippen LogP) is 7.15. The van der Waals surface area contributed by atoms with Gasteiger partial charge in [-0.1, -0.05) is 47.5 Å². The summed E-state index contributed by atoms with van der Waals surface area (Å²) in [7, 11) is 0. The Morgan fingerprint density at radius 2 is 1.69 bits per heavy atom. The minimum atomic E-state index is 0.510. The molecule has 0 heterocycles. The van der Waals surface area contributed by atoms with Crippen LogP contribution < -0.4 is 14.8 Å². The topological polar surface area (TPSA) is 30.5 Å². The number of benzene rings is 3. The molecule has 152 valence electrons. The Bertz CT molecular complexity index is 973. The van der Waals surface area contributed by atoms with Crippen LogP contribution >= 0.6 is 34.2 Å². The first-order valence-corrected chi connectivity index (χ1v) is 11.1. The van der Waals surface area contributed by atoms with Gasteiger partial charge in [0.2, 0.25) is 0 Å². The third-order valence-electron chi connectivity index (χ3n) is 4.56. The molecule has 3 rings (SSSR count). The van der Waals surface area contributed by atoms with Gasteiger partial charge in [-0.25, -0.2) is 0 Å². The molecule has 0 aliphatic rings. The van der Waals surface area contributed by atoms with E-state index in [2.05, 4.69) is 72.1 Å². The average Bonchev–Trinajstić information content (AvgIpc) is 2.69. The fourth-order valence-corrected chi connectivity index (χ4v) is 3.94. The van der Waals surface area contributed by atoms with E-state index in [1.54, 1.807) is 0 Å². The summed E-state index contributed by atoms with van der Waals surface area (Å²) in [5, 5.41) is 4.19. The van der Waals surface area contributed by atoms with Crippen molar-refractivity contribution in [2.24, 2.45) is 0 Å². The van der Waals surface area contributed by atoms with E-state index >= 15 is 0 Å². The van der Waals surface area contributed by atoms with Gasteiger partial charge in [-0.05, 0) is 84.3 Å². The number of hydrogen-bond acceptors (Lipinski definition) is 3. The monoisotopic (exact) mass is 521 g/mol. The molecule has 0 fully saturated rings. The van der Waals surface area contributed by atoms with Crippen molar-refractivity contribution in [1.82, 2.24) is 0 Å². The van der Waals surface area contributed by atoms with Gasteiger partial charge in [0.25, 0.3) is 0 Å². The second-order valence-corrected chi connectivity index (χ2v) is 8.52. The molecule has 1 N–H and O–H groups in total. The first kappa shape index (κ1) is 21.8. The molecule has 0 spiro atoms. The van der Waals surface area contributed by atoms with Crippen molar-refractivity contribution in [3.05, 3.63) is 85.4 Å². The summed E-state index contributed by atoms with van der Waals surface area (Å²) in [6.45, 7) is 7.90. The number of rotatable bonds is 8. The Morgan fingerprint density at radius 1 is 0.931 bits per heavy atom. The number of hydrogen-bond donors (Lipinski definition) is 1. The van der Waals surface area contributed by atoms with Gasteiger partial charge in [-0.2, -0.15) is 0 Å². The summed E-state index contributed by atoms with van der Waals surface area (Å²) in [6.07, 6.45) is 0. The van der Waals surface area contributed by atoms with Gasteiger partial charge in [0.15, 0.2) is 11.5 Å². The summed E-state index contributed by atoms with van der Waals surface area (Å²) in [5.74, 6) is 1.56. The molecule has 0 amide bonds. The van der Waals surface area contributed by atoms with E-state index in [9.17, 15) is 0 Å². The molecule has 0 aliphatic carbocycles. The molecule has 29 heavy (non-hydrogen) atoms. The predicted molar refractivity (Wildman–Crippen MR) is 129 cm³/mol. The maximum absolute atomic E-state index is 6.13. The molecule has 0 saturated heterocycles. The molecule has 0 atom stereocenters. The fraction of sp³-hybridized carbons (Fsp3) is 0.250. The lowest BCUT2D eigenvalue weighted by atomic mass is 10.1. The zero-order valence-corrected chi connectivity index (χ0v) is 19.8. The quantitative estimate of drug-likeness (QED) is 0.319. The zero-order chi connectivity index (χ0) is 20.8. The lowest BCUT2D eigenvalue weighted by Gasteiger charge is -2.17. The molecule has 5 heteroatoms. The summed E-state index contributed by atoms with van der Waals surface area (Å²) < 4.78 is 13.0. The number of ether oxygens (including phenoxy) is 2. The standard InChI is InChI=1S/C24H25ClINO2/c1-4-28-23-12-19(14-27-22-13-20(25)10-7-17(22)3)11-21(26)24(23)29-15-18-8-5-16(2)6-9-18/h5-13,27H,4,14-15H2,1-3H3. The maximum Gasteiger partial charge on any atom is 0.174 e. The number of anilines is 1. The van der Waals surface area contributed by atoms with Gasteiger partial charge in [0, 0.05) is 17.3 Å². The van der Waals surface area contributed by atoms with Crippen molar-refractivity contribution in [1.29, 1.82) is 0 Å². The SMILES string of the molecule is CCOc1cc(CNc2cc(Cl)ccc2C)cc(I)c1OCc1ccc(C)cc1. The van der Waals surface area contributed by atoms with Crippen LogP contribution in [0, 0.1) is 17.4 Å². The molecule has 3 nitrogen and oxygen atoms in total. The van der Waals surface area contributed by atoms with Crippen LogP contribution in [0.25, 0.3) is 0 Å². The van der Waals surface area contributed by atoms with Crippen LogP contribution in [-0.2, 0) is 13.2 Å². The molecule has 3 aromatic carbocycles. The summed E-state index contributed by atoms with van der Waals surface area (Å²) in [6, 6.07) is 18.4. The van der Waals surface area contributed by atoms with E-state index in [0.29, 0.717) is 19.8 Å². The van der Waals surface area contributed by atoms with E-state index in [0.717, 1.165) is 42.5 Å². The molecule has 0 aromatic heterocycles. The number of nitrogens with one attached hydrogen (secondary N) is 1. The van der Waals surface area contributed by atoms with Gasteiger partial charge >= 0.3 is 0 Å². The van der Waals surface area contributed by atoms with Crippen molar-refractivity contribution in [2.75, 3.05) is 11.9 Å². The van der Waals surface area contributed by atoms with Crippen LogP contribution in [0.4, 0.5) is 5.69 Å². The van der Waals surface area contributed by atoms with Crippen LogP contribution in [0.2, 0.25) is 5.02 Å². The van der Waals surface area contributed by atoms with E-state index in [-0.39, 0.29) is 0 Å². The van der Waals surface area contributed by atoms with Gasteiger partial charge in [-0.3, -0.25) is 0 Å². The molecule has 0 saturated carbocycles. The van der Waals surface area contributed by atoms with Crippen LogP contribution in [-0.4, -0.2) is 6.61 Å². The lowest BCUT2D eigenvalue weighted by molar-refractivity contribution is 0.267. The molecule has 0 bridgehead atoms. The Hall–Kier alpha value is -1.92. The van der Waals surface area contributed by atoms with Crippen molar-refractivity contribution in [2.45, 2.75) is 33.9 Å². The molecule has 0 unspecified atom stereocenters. The zero-order valence-electron chi connectivity index (χ0n) is 16.9. The smallest absolute Gasteiger partial charge is 0.174 e. The first-order valence-electron chi connectivity index (χ1n) is 9.60. The second-order valence-electron chi connectivity index (χ2n) is 6.92. The fourth-order valence-electron chi connectivity index (χ4n) is 2.95. The van der Waals surface area contributed by atoms with Gasteiger partial charge in [-0.15, -0.1) is 0 Å². The third-order valence-corrected chi connectivity index (χ3v) is 5.59. The van der Waals surface area contributed by atoms with E-state index in [4.69, 9.17) is 21.1 Å². The third kappa shape index (κ3) is 6.03. The Morgan fingerprint density at radius 3 is 2.41 bits per heavy atom. The molecule has 0 radical (unpaired) electrons. The van der Waals surface area contributed by atoms with Crippen LogP contribution in [0.5, 0.6) is 11.5 Å². The molecular formula is C24H25ClINO2. The number of halogens is 2. The van der Waals surface area contributed by atoms with Crippen molar-refractivity contribution < 1.29 is 9.47 Å². The summed E-state index contributed by atoms with van der Waals surface area (Å²) in [4.78, 5) is 0. The van der Waals surface area contributed by atoms with Gasteiger partial charge < -0.3 is 14.8 Å². The largest absolute Gasteiger partial charge is 0.490 e. The summed E-state index contributed by atoms with van der Waals surface area (Å²) in [5.41, 5.74) is 5.69. The van der Waals surface area contributed by atoms with Gasteiger partial charge in [0.1, 0.15) is 6.61 Å². The Balaban J connectivity index is 1.76. The minimum absolute atomic E-state index is 0.510. The molecule has 3 aromatic rings. The highest BCUT2D eigenvalue weighted by Crippen LogP contribution is 2.35. The minimum Gasteiger partial charge on any atom is -0.490 e. The van der Waals surface area contributed by atoms with Crippen molar-refractivity contribution in [3.63, 3.8) is 0 Å². The highest BCUT2D eigenvalue weighted by Gasteiger charge is 2.13. The van der Waals surface area contributed by atoms with E-state index in [1.807, 2.05) is 31.2 Å². The Kier molecular flexibility index (Phi) is 7.67. The first-order chi connectivity index (χ1) is 14.0. The van der Waals surface area contributed by atoms with Crippen LogP contribution in [0.3, 0.4) is 0 Å². The normalized spacial score (nSPS) is 10.7. The van der Waals surface area contributed by atoms with Crippen LogP contribution in [0.1, 0.15) is 29.2 Å². The Labute approximate surface area is 191 Å².